The average molecular weight is 310 g/mol. The summed E-state index contributed by atoms with van der Waals surface area (Å²) in [5.74, 6) is -0.347. The highest BCUT2D eigenvalue weighted by atomic mass is 19.1. The van der Waals surface area contributed by atoms with E-state index in [-0.39, 0.29) is 23.6 Å². The topological polar surface area (TPSA) is 73.6 Å². The normalized spacial score (nSPS) is 18.5. The molecule has 2 unspecified atom stereocenters. The van der Waals surface area contributed by atoms with Crippen LogP contribution in [0.15, 0.2) is 18.2 Å². The molecule has 1 amide bonds. The zero-order valence-corrected chi connectivity index (χ0v) is 13.0. The lowest BCUT2D eigenvalue weighted by Crippen LogP contribution is -2.47. The number of rotatable bonds is 5. The lowest BCUT2D eigenvalue weighted by molar-refractivity contribution is -0.125. The van der Waals surface area contributed by atoms with E-state index in [9.17, 15) is 9.18 Å². The molecule has 0 saturated carbocycles. The first-order chi connectivity index (χ1) is 10.5. The van der Waals surface area contributed by atoms with E-state index in [0.29, 0.717) is 18.8 Å². The largest absolute Gasteiger partial charge is 0.494 e. The fraction of sp³-hybridized carbons (Fsp3) is 0.562. The second-order valence-electron chi connectivity index (χ2n) is 5.60. The Morgan fingerprint density at radius 3 is 2.73 bits per heavy atom. The summed E-state index contributed by atoms with van der Waals surface area (Å²) in [5, 5.41) is 2.85. The zero-order chi connectivity index (χ0) is 16.1. The molecule has 1 heterocycles. The molecule has 5 nitrogen and oxygen atoms in total. The molecule has 1 saturated heterocycles. The zero-order valence-electron chi connectivity index (χ0n) is 13.0. The molecule has 1 aliphatic rings. The van der Waals surface area contributed by atoms with Gasteiger partial charge in [0.1, 0.15) is 0 Å². The Hall–Kier alpha value is -1.66. The van der Waals surface area contributed by atoms with E-state index in [0.717, 1.165) is 12.8 Å². The number of hydrogen-bond acceptors (Lipinski definition) is 4. The van der Waals surface area contributed by atoms with Crippen molar-refractivity contribution in [2.45, 2.75) is 31.8 Å². The summed E-state index contributed by atoms with van der Waals surface area (Å²) in [4.78, 5) is 12.2. The van der Waals surface area contributed by atoms with E-state index < -0.39 is 11.9 Å². The van der Waals surface area contributed by atoms with Gasteiger partial charge in [0, 0.05) is 13.2 Å². The SMILES string of the molecule is COc1ccc(C(C)NC(=O)C(N)C2CCOCC2)cc1F. The summed E-state index contributed by atoms with van der Waals surface area (Å²) < 4.78 is 23.9. The van der Waals surface area contributed by atoms with E-state index in [1.54, 1.807) is 19.1 Å². The third-order valence-corrected chi connectivity index (χ3v) is 4.11. The molecule has 22 heavy (non-hydrogen) atoms. The van der Waals surface area contributed by atoms with Gasteiger partial charge in [-0.15, -0.1) is 0 Å². The van der Waals surface area contributed by atoms with Gasteiger partial charge in [0.15, 0.2) is 11.6 Å². The highest BCUT2D eigenvalue weighted by Gasteiger charge is 2.27. The van der Waals surface area contributed by atoms with Gasteiger partial charge in [-0.2, -0.15) is 0 Å². The Kier molecular flexibility index (Phi) is 5.74. The molecular weight excluding hydrogens is 287 g/mol. The van der Waals surface area contributed by atoms with Crippen molar-refractivity contribution in [2.24, 2.45) is 11.7 Å². The third kappa shape index (κ3) is 3.96. The molecule has 0 aliphatic carbocycles. The van der Waals surface area contributed by atoms with Gasteiger partial charge in [-0.1, -0.05) is 6.07 Å². The Bertz CT molecular complexity index is 518. The Balaban J connectivity index is 1.96. The molecule has 3 N–H and O–H groups in total. The van der Waals surface area contributed by atoms with Gasteiger partial charge in [-0.3, -0.25) is 4.79 Å². The van der Waals surface area contributed by atoms with Crippen LogP contribution in [-0.2, 0) is 9.53 Å². The number of ether oxygens (including phenoxy) is 2. The van der Waals surface area contributed by atoms with Gasteiger partial charge in [0.25, 0.3) is 0 Å². The quantitative estimate of drug-likeness (QED) is 0.869. The van der Waals surface area contributed by atoms with Gasteiger partial charge in [-0.05, 0) is 43.4 Å². The minimum Gasteiger partial charge on any atom is -0.494 e. The maximum absolute atomic E-state index is 13.7. The van der Waals surface area contributed by atoms with Crippen LogP contribution < -0.4 is 15.8 Å². The number of methoxy groups -OCH3 is 1. The molecule has 2 rings (SSSR count). The molecule has 1 aromatic rings. The lowest BCUT2D eigenvalue weighted by Gasteiger charge is -2.28. The van der Waals surface area contributed by atoms with Gasteiger partial charge in [-0.25, -0.2) is 4.39 Å². The molecule has 0 bridgehead atoms. The van der Waals surface area contributed by atoms with Crippen molar-refractivity contribution in [2.75, 3.05) is 20.3 Å². The number of hydrogen-bond donors (Lipinski definition) is 2. The van der Waals surface area contributed by atoms with Crippen LogP contribution >= 0.6 is 0 Å². The molecule has 1 aromatic carbocycles. The maximum Gasteiger partial charge on any atom is 0.237 e. The van der Waals surface area contributed by atoms with Crippen LogP contribution in [-0.4, -0.2) is 32.3 Å². The summed E-state index contributed by atoms with van der Waals surface area (Å²) in [6, 6.07) is 3.76. The number of nitrogens with two attached hydrogens (primary N) is 1. The fourth-order valence-corrected chi connectivity index (χ4v) is 2.63. The van der Waals surface area contributed by atoms with Crippen molar-refractivity contribution < 1.29 is 18.7 Å². The van der Waals surface area contributed by atoms with E-state index >= 15 is 0 Å². The number of amides is 1. The van der Waals surface area contributed by atoms with Crippen LogP contribution in [0.1, 0.15) is 31.4 Å². The molecular formula is C16H23FN2O3. The summed E-state index contributed by atoms with van der Waals surface area (Å²) in [6.45, 7) is 3.09. The van der Waals surface area contributed by atoms with E-state index in [2.05, 4.69) is 5.32 Å². The summed E-state index contributed by atoms with van der Waals surface area (Å²) in [6.07, 6.45) is 1.58. The van der Waals surface area contributed by atoms with Crippen molar-refractivity contribution in [1.82, 2.24) is 5.32 Å². The predicted molar refractivity (Wildman–Crippen MR) is 81.0 cm³/mol. The molecule has 1 fully saturated rings. The number of carbonyl (C=O) groups excluding carboxylic acids is 1. The van der Waals surface area contributed by atoms with Gasteiger partial charge in [0.2, 0.25) is 5.91 Å². The van der Waals surface area contributed by atoms with Crippen molar-refractivity contribution in [1.29, 1.82) is 0 Å². The lowest BCUT2D eigenvalue weighted by atomic mass is 9.91. The van der Waals surface area contributed by atoms with Gasteiger partial charge < -0.3 is 20.5 Å². The first-order valence-electron chi connectivity index (χ1n) is 7.50. The number of carbonyl (C=O) groups is 1. The molecule has 0 spiro atoms. The molecule has 6 heteroatoms. The number of halogens is 1. The van der Waals surface area contributed by atoms with Gasteiger partial charge in [0.05, 0.1) is 19.2 Å². The van der Waals surface area contributed by atoms with Crippen molar-refractivity contribution in [3.8, 4) is 5.75 Å². The molecule has 0 radical (unpaired) electrons. The van der Waals surface area contributed by atoms with Gasteiger partial charge >= 0.3 is 0 Å². The van der Waals surface area contributed by atoms with Crippen LogP contribution in [0.4, 0.5) is 4.39 Å². The van der Waals surface area contributed by atoms with Crippen molar-refractivity contribution in [3.05, 3.63) is 29.6 Å². The smallest absolute Gasteiger partial charge is 0.237 e. The monoisotopic (exact) mass is 310 g/mol. The first kappa shape index (κ1) is 16.7. The van der Waals surface area contributed by atoms with Crippen molar-refractivity contribution >= 4 is 5.91 Å². The summed E-state index contributed by atoms with van der Waals surface area (Å²) in [5.41, 5.74) is 6.70. The molecule has 1 aliphatic heterocycles. The second kappa shape index (κ2) is 7.56. The molecule has 122 valence electrons. The second-order valence-corrected chi connectivity index (χ2v) is 5.60. The summed E-state index contributed by atoms with van der Waals surface area (Å²) in [7, 11) is 1.41. The minimum atomic E-state index is -0.561. The summed E-state index contributed by atoms with van der Waals surface area (Å²) >= 11 is 0. The maximum atomic E-state index is 13.7. The minimum absolute atomic E-state index is 0.133. The Morgan fingerprint density at radius 2 is 2.14 bits per heavy atom. The average Bonchev–Trinajstić information content (AvgIpc) is 2.54. The third-order valence-electron chi connectivity index (χ3n) is 4.11. The Morgan fingerprint density at radius 1 is 1.45 bits per heavy atom. The highest BCUT2D eigenvalue weighted by molar-refractivity contribution is 5.82. The van der Waals surface area contributed by atoms with Crippen LogP contribution in [0.5, 0.6) is 5.75 Å². The highest BCUT2D eigenvalue weighted by Crippen LogP contribution is 2.22. The van der Waals surface area contributed by atoms with Crippen molar-refractivity contribution in [3.63, 3.8) is 0 Å². The molecule has 0 aromatic heterocycles. The first-order valence-corrected chi connectivity index (χ1v) is 7.50. The van der Waals surface area contributed by atoms with Crippen LogP contribution in [0.25, 0.3) is 0 Å². The van der Waals surface area contributed by atoms with Crippen LogP contribution in [0.2, 0.25) is 0 Å². The van der Waals surface area contributed by atoms with Crippen LogP contribution in [0, 0.1) is 11.7 Å². The number of benzene rings is 1. The van der Waals surface area contributed by atoms with E-state index in [1.165, 1.54) is 13.2 Å². The fourth-order valence-electron chi connectivity index (χ4n) is 2.63. The van der Waals surface area contributed by atoms with E-state index in [4.69, 9.17) is 15.2 Å². The Labute approximate surface area is 130 Å². The molecule has 2 atom stereocenters. The predicted octanol–water partition coefficient (Wildman–Crippen LogP) is 1.77. The number of nitrogens with one attached hydrogen (secondary N) is 1. The standard InChI is InChI=1S/C16H23FN2O3/c1-10(12-3-4-14(21-2)13(17)9-12)19-16(20)15(18)11-5-7-22-8-6-11/h3-4,9-11,15H,5-8,18H2,1-2H3,(H,19,20). The van der Waals surface area contributed by atoms with E-state index in [1.807, 2.05) is 0 Å². The van der Waals surface area contributed by atoms with Crippen LogP contribution in [0.3, 0.4) is 0 Å².